The van der Waals surface area contributed by atoms with Crippen molar-refractivity contribution in [2.75, 3.05) is 18.4 Å². The second-order valence-corrected chi connectivity index (χ2v) is 8.74. The van der Waals surface area contributed by atoms with Crippen LogP contribution < -0.4 is 16.0 Å². The van der Waals surface area contributed by atoms with E-state index in [1.54, 1.807) is 50.2 Å². The Kier molecular flexibility index (Phi) is 9.15. The van der Waals surface area contributed by atoms with E-state index in [1.165, 1.54) is 0 Å². The number of benzene rings is 2. The van der Waals surface area contributed by atoms with Crippen molar-refractivity contribution in [3.05, 3.63) is 82.2 Å². The van der Waals surface area contributed by atoms with Gasteiger partial charge in [0, 0.05) is 18.7 Å². The van der Waals surface area contributed by atoms with E-state index >= 15 is 0 Å². The van der Waals surface area contributed by atoms with Crippen LogP contribution in [0.5, 0.6) is 5.75 Å². The number of rotatable bonds is 11. The van der Waals surface area contributed by atoms with Gasteiger partial charge >= 0.3 is 5.97 Å². The minimum atomic E-state index is -1.34. The Bertz CT molecular complexity index is 1270. The van der Waals surface area contributed by atoms with Gasteiger partial charge in [-0.05, 0) is 63.4 Å². The summed E-state index contributed by atoms with van der Waals surface area (Å²) in [5.74, 6) is -1.75. The van der Waals surface area contributed by atoms with Crippen LogP contribution in [0.3, 0.4) is 0 Å². The van der Waals surface area contributed by atoms with Gasteiger partial charge in [0.15, 0.2) is 0 Å². The molecule has 0 fully saturated rings. The molecule has 10 heteroatoms. The second kappa shape index (κ2) is 12.5. The van der Waals surface area contributed by atoms with E-state index < -0.39 is 23.8 Å². The molecule has 5 N–H and O–H groups in total. The number of phenols is 1. The number of hydrogen-bond acceptors (Lipinski definition) is 7. The van der Waals surface area contributed by atoms with Crippen LogP contribution in [0.15, 0.2) is 48.5 Å². The third-order valence-corrected chi connectivity index (χ3v) is 5.68. The molecule has 37 heavy (non-hydrogen) atoms. The van der Waals surface area contributed by atoms with E-state index in [-0.39, 0.29) is 17.9 Å². The van der Waals surface area contributed by atoms with E-state index in [4.69, 9.17) is 0 Å². The number of carbonyl (C=O) groups is 3. The summed E-state index contributed by atoms with van der Waals surface area (Å²) in [4.78, 5) is 45.7. The zero-order valence-corrected chi connectivity index (χ0v) is 21.0. The predicted octanol–water partition coefficient (Wildman–Crippen LogP) is 2.77. The van der Waals surface area contributed by atoms with Crippen molar-refractivity contribution in [2.45, 2.75) is 39.7 Å². The molecule has 1 unspecified atom stereocenters. The number of hydrogen-bond donors (Lipinski definition) is 5. The van der Waals surface area contributed by atoms with Crippen molar-refractivity contribution >= 4 is 23.7 Å². The molecule has 3 rings (SSSR count). The molecule has 1 atom stereocenters. The maximum atomic E-state index is 12.9. The highest BCUT2D eigenvalue weighted by atomic mass is 16.4. The van der Waals surface area contributed by atoms with E-state index in [9.17, 15) is 24.6 Å². The molecule has 194 valence electrons. The van der Waals surface area contributed by atoms with Gasteiger partial charge in [-0.1, -0.05) is 29.8 Å². The van der Waals surface area contributed by atoms with Crippen LogP contribution >= 0.6 is 0 Å². The maximum absolute atomic E-state index is 12.9. The number of aromatic nitrogens is 2. The van der Waals surface area contributed by atoms with Crippen LogP contribution in [0.4, 0.5) is 5.95 Å². The van der Waals surface area contributed by atoms with Gasteiger partial charge in [-0.2, -0.15) is 0 Å². The lowest BCUT2D eigenvalue weighted by molar-refractivity contribution is -0.139. The summed E-state index contributed by atoms with van der Waals surface area (Å²) in [7, 11) is 0. The maximum Gasteiger partial charge on any atom is 0.328 e. The molecule has 0 aliphatic rings. The van der Waals surface area contributed by atoms with Crippen LogP contribution in [0.25, 0.3) is 0 Å². The van der Waals surface area contributed by atoms with Crippen molar-refractivity contribution in [3.63, 3.8) is 0 Å². The Morgan fingerprint density at radius 2 is 1.65 bits per heavy atom. The minimum Gasteiger partial charge on any atom is -0.508 e. The molecule has 0 saturated carbocycles. The summed E-state index contributed by atoms with van der Waals surface area (Å²) in [6.07, 6.45) is 1.54. The highest BCUT2D eigenvalue weighted by Crippen LogP contribution is 2.15. The molecular weight excluding hydrogens is 474 g/mol. The van der Waals surface area contributed by atoms with Gasteiger partial charge < -0.3 is 26.2 Å². The first kappa shape index (κ1) is 27.1. The molecule has 3 aromatic rings. The van der Waals surface area contributed by atoms with Gasteiger partial charge in [0.25, 0.3) is 11.8 Å². The summed E-state index contributed by atoms with van der Waals surface area (Å²) in [6.45, 7) is 5.45. The topological polar surface area (TPSA) is 154 Å². The molecule has 0 aliphatic heterocycles. The lowest BCUT2D eigenvalue weighted by Crippen LogP contribution is -2.48. The first-order chi connectivity index (χ1) is 17.6. The van der Waals surface area contributed by atoms with Crippen molar-refractivity contribution in [1.29, 1.82) is 0 Å². The molecule has 2 amide bonds. The Morgan fingerprint density at radius 1 is 0.946 bits per heavy atom. The number of phenolic OH excluding ortho intramolecular Hbond substituents is 1. The van der Waals surface area contributed by atoms with Gasteiger partial charge in [0.05, 0.1) is 17.0 Å². The largest absolute Gasteiger partial charge is 0.508 e. The number of aryl methyl sites for hydroxylation is 4. The average molecular weight is 506 g/mol. The third kappa shape index (κ3) is 7.76. The number of carbonyl (C=O) groups excluding carboxylic acids is 2. The fourth-order valence-corrected chi connectivity index (χ4v) is 3.84. The molecule has 0 spiro atoms. The number of aromatic hydroxyl groups is 1. The Balaban J connectivity index is 1.58. The lowest BCUT2D eigenvalue weighted by Gasteiger charge is -2.17. The van der Waals surface area contributed by atoms with E-state index in [0.29, 0.717) is 29.4 Å². The predicted molar refractivity (Wildman–Crippen MR) is 139 cm³/mol. The van der Waals surface area contributed by atoms with E-state index in [1.807, 2.05) is 19.1 Å². The number of anilines is 1. The van der Waals surface area contributed by atoms with Crippen LogP contribution in [0.1, 0.15) is 49.7 Å². The molecule has 0 bridgehead atoms. The number of nitrogens with zero attached hydrogens (tertiary/aromatic N) is 2. The Labute approximate surface area is 215 Å². The molecule has 0 radical (unpaired) electrons. The van der Waals surface area contributed by atoms with Crippen LogP contribution in [-0.4, -0.2) is 57.1 Å². The first-order valence-corrected chi connectivity index (χ1v) is 11.9. The van der Waals surface area contributed by atoms with Gasteiger partial charge in [0.2, 0.25) is 5.95 Å². The molecule has 0 saturated heterocycles. The Morgan fingerprint density at radius 3 is 2.30 bits per heavy atom. The molecule has 2 aromatic carbocycles. The summed E-state index contributed by atoms with van der Waals surface area (Å²) < 4.78 is 0. The van der Waals surface area contributed by atoms with Crippen molar-refractivity contribution in [3.8, 4) is 5.75 Å². The zero-order chi connectivity index (χ0) is 26.9. The Hall–Kier alpha value is -4.47. The number of nitrogens with one attached hydrogen (secondary N) is 3. The second-order valence-electron chi connectivity index (χ2n) is 8.74. The summed E-state index contributed by atoms with van der Waals surface area (Å²) in [5.41, 5.74) is 3.30. The van der Waals surface area contributed by atoms with E-state index in [0.717, 1.165) is 24.0 Å². The quantitative estimate of drug-likeness (QED) is 0.249. The summed E-state index contributed by atoms with van der Waals surface area (Å²) in [5, 5.41) is 27.3. The SMILES string of the molecule is Cc1cccc(C(=O)NCC(NC(=O)c2c(C)nc(NCCCc3cccc(O)c3)nc2C)C(=O)O)c1. The fourth-order valence-electron chi connectivity index (χ4n) is 3.84. The van der Waals surface area contributed by atoms with Crippen molar-refractivity contribution in [2.24, 2.45) is 0 Å². The number of aliphatic carboxylic acids is 1. The molecule has 10 nitrogen and oxygen atoms in total. The fraction of sp³-hybridized carbons (Fsp3) is 0.296. The number of carboxylic acid groups (broad SMARTS) is 1. The summed E-state index contributed by atoms with van der Waals surface area (Å²) in [6, 6.07) is 12.6. The lowest BCUT2D eigenvalue weighted by atomic mass is 10.1. The van der Waals surface area contributed by atoms with Crippen molar-refractivity contribution < 1.29 is 24.6 Å². The molecule has 1 heterocycles. The molecular formula is C27H31N5O5. The number of carboxylic acids is 1. The standard InChI is InChI=1S/C27H31N5O5/c1-16-7-4-10-20(13-16)24(34)29-15-22(26(36)37)32-25(35)23-17(2)30-27(31-18(23)3)28-12-6-9-19-8-5-11-21(33)14-19/h4-5,7-8,10-11,13-14,22,33H,6,9,12,15H2,1-3H3,(H,29,34)(H,32,35)(H,36,37)(H,28,30,31). The highest BCUT2D eigenvalue weighted by molar-refractivity contribution is 5.99. The van der Waals surface area contributed by atoms with Crippen LogP contribution in [-0.2, 0) is 11.2 Å². The molecule has 1 aromatic heterocycles. The zero-order valence-electron chi connectivity index (χ0n) is 21.0. The monoisotopic (exact) mass is 505 g/mol. The van der Waals surface area contributed by atoms with E-state index in [2.05, 4.69) is 25.9 Å². The normalized spacial score (nSPS) is 11.4. The minimum absolute atomic E-state index is 0.182. The van der Waals surface area contributed by atoms with Crippen LogP contribution in [0.2, 0.25) is 0 Å². The highest BCUT2D eigenvalue weighted by Gasteiger charge is 2.24. The average Bonchev–Trinajstić information content (AvgIpc) is 2.83. The van der Waals surface area contributed by atoms with Gasteiger partial charge in [-0.15, -0.1) is 0 Å². The third-order valence-electron chi connectivity index (χ3n) is 5.68. The first-order valence-electron chi connectivity index (χ1n) is 11.9. The number of amides is 2. The molecule has 0 aliphatic carbocycles. The van der Waals surface area contributed by atoms with Crippen LogP contribution in [0, 0.1) is 20.8 Å². The smallest absolute Gasteiger partial charge is 0.328 e. The van der Waals surface area contributed by atoms with Gasteiger partial charge in [-0.3, -0.25) is 9.59 Å². The van der Waals surface area contributed by atoms with Crippen molar-refractivity contribution in [1.82, 2.24) is 20.6 Å². The van der Waals surface area contributed by atoms with Gasteiger partial charge in [-0.25, -0.2) is 14.8 Å². The summed E-state index contributed by atoms with van der Waals surface area (Å²) >= 11 is 0. The van der Waals surface area contributed by atoms with Gasteiger partial charge in [0.1, 0.15) is 11.8 Å².